The van der Waals surface area contributed by atoms with Crippen molar-refractivity contribution in [3.63, 3.8) is 0 Å². The average molecular weight is 393 g/mol. The fourth-order valence-electron chi connectivity index (χ4n) is 3.00. The molecule has 1 amide bonds. The van der Waals surface area contributed by atoms with Crippen LogP contribution in [0.25, 0.3) is 0 Å². The number of methoxy groups -OCH3 is 2. The number of nitriles is 1. The molecule has 2 rings (SSSR count). The molecule has 8 heteroatoms. The van der Waals surface area contributed by atoms with E-state index >= 15 is 0 Å². The van der Waals surface area contributed by atoms with Crippen LogP contribution in [-0.2, 0) is 4.79 Å². The van der Waals surface area contributed by atoms with Gasteiger partial charge in [-0.25, -0.2) is 0 Å². The molecule has 0 spiro atoms. The summed E-state index contributed by atoms with van der Waals surface area (Å²) >= 11 is 6.09. The third-order valence-corrected chi connectivity index (χ3v) is 5.05. The number of carbonyl (C=O) groups excluding carboxylic acids is 1. The van der Waals surface area contributed by atoms with Crippen molar-refractivity contribution in [1.82, 2.24) is 9.80 Å². The van der Waals surface area contributed by atoms with Crippen molar-refractivity contribution in [2.24, 2.45) is 0 Å². The van der Waals surface area contributed by atoms with E-state index in [2.05, 4.69) is 17.3 Å². The van der Waals surface area contributed by atoms with E-state index in [1.54, 1.807) is 24.1 Å². The molecule has 1 aliphatic heterocycles. The maximum Gasteiger partial charge on any atom is 0.266 e. The SMILES string of the molecule is COc1cc(N/C=C(/C#N)C(=O)N(C)C2CCN(C)CC2)c(OC)cc1Cl. The van der Waals surface area contributed by atoms with E-state index in [0.29, 0.717) is 22.2 Å². The van der Waals surface area contributed by atoms with E-state index < -0.39 is 0 Å². The second-order valence-corrected chi connectivity index (χ2v) is 6.86. The van der Waals surface area contributed by atoms with Gasteiger partial charge in [-0.3, -0.25) is 4.79 Å². The molecule has 0 atom stereocenters. The van der Waals surface area contributed by atoms with E-state index in [9.17, 15) is 10.1 Å². The van der Waals surface area contributed by atoms with Crippen LogP contribution in [0.1, 0.15) is 12.8 Å². The molecule has 0 aliphatic carbocycles. The van der Waals surface area contributed by atoms with Crippen molar-refractivity contribution in [2.75, 3.05) is 46.7 Å². The van der Waals surface area contributed by atoms with Gasteiger partial charge in [0.2, 0.25) is 0 Å². The van der Waals surface area contributed by atoms with Crippen LogP contribution in [0.4, 0.5) is 5.69 Å². The molecule has 7 nitrogen and oxygen atoms in total. The number of rotatable bonds is 6. The second kappa shape index (κ2) is 9.49. The van der Waals surface area contributed by atoms with Crippen LogP contribution in [0.3, 0.4) is 0 Å². The molecule has 1 heterocycles. The minimum atomic E-state index is -0.306. The normalized spacial score (nSPS) is 15.8. The van der Waals surface area contributed by atoms with Gasteiger partial charge in [-0.2, -0.15) is 5.26 Å². The lowest BCUT2D eigenvalue weighted by atomic mass is 10.0. The Bertz CT molecular complexity index is 752. The first-order valence-corrected chi connectivity index (χ1v) is 9.03. The summed E-state index contributed by atoms with van der Waals surface area (Å²) in [6.07, 6.45) is 3.18. The van der Waals surface area contributed by atoms with Gasteiger partial charge in [0.1, 0.15) is 23.1 Å². The van der Waals surface area contributed by atoms with Crippen LogP contribution >= 0.6 is 11.6 Å². The van der Waals surface area contributed by atoms with E-state index in [-0.39, 0.29) is 17.5 Å². The number of hydrogen-bond donors (Lipinski definition) is 1. The molecule has 1 aromatic rings. The van der Waals surface area contributed by atoms with Crippen molar-refractivity contribution in [3.8, 4) is 17.6 Å². The van der Waals surface area contributed by atoms with E-state index in [0.717, 1.165) is 25.9 Å². The zero-order chi connectivity index (χ0) is 20.0. The minimum absolute atomic E-state index is 0.0207. The standard InChI is InChI=1S/C19H25ClN4O3/c1-23-7-5-14(6-8-23)24(2)19(25)13(11-21)12-22-16-10-17(26-3)15(20)9-18(16)27-4/h9-10,12,14,22H,5-8H2,1-4H3/b13-12-. The minimum Gasteiger partial charge on any atom is -0.495 e. The highest BCUT2D eigenvalue weighted by atomic mass is 35.5. The van der Waals surface area contributed by atoms with Gasteiger partial charge >= 0.3 is 0 Å². The van der Waals surface area contributed by atoms with Gasteiger partial charge in [-0.05, 0) is 33.0 Å². The predicted octanol–water partition coefficient (Wildman–Crippen LogP) is 2.73. The maximum atomic E-state index is 12.7. The molecule has 0 unspecified atom stereocenters. The summed E-state index contributed by atoms with van der Waals surface area (Å²) in [5.41, 5.74) is 0.564. The van der Waals surface area contributed by atoms with Crippen molar-refractivity contribution in [2.45, 2.75) is 18.9 Å². The number of hydrogen-bond acceptors (Lipinski definition) is 6. The van der Waals surface area contributed by atoms with Gasteiger partial charge in [-0.15, -0.1) is 0 Å². The largest absolute Gasteiger partial charge is 0.495 e. The number of likely N-dealkylation sites (tertiary alicyclic amines) is 1. The van der Waals surface area contributed by atoms with Gasteiger partial charge in [0.15, 0.2) is 0 Å². The summed E-state index contributed by atoms with van der Waals surface area (Å²) < 4.78 is 10.5. The molecule has 1 aromatic carbocycles. The summed E-state index contributed by atoms with van der Waals surface area (Å²) in [7, 11) is 6.83. The molecule has 1 saturated heterocycles. The summed E-state index contributed by atoms with van der Waals surface area (Å²) in [6.45, 7) is 1.88. The van der Waals surface area contributed by atoms with Gasteiger partial charge in [0, 0.05) is 31.4 Å². The van der Waals surface area contributed by atoms with Crippen LogP contribution in [0.2, 0.25) is 5.02 Å². The topological polar surface area (TPSA) is 77.8 Å². The number of nitrogens with zero attached hydrogens (tertiary/aromatic N) is 3. The quantitative estimate of drug-likeness (QED) is 0.592. The van der Waals surface area contributed by atoms with E-state index in [1.165, 1.54) is 20.4 Å². The first-order chi connectivity index (χ1) is 12.9. The zero-order valence-electron chi connectivity index (χ0n) is 16.1. The summed E-state index contributed by atoms with van der Waals surface area (Å²) in [6, 6.07) is 5.37. The molecular formula is C19H25ClN4O3. The molecule has 0 saturated carbocycles. The average Bonchev–Trinajstić information content (AvgIpc) is 2.68. The third-order valence-electron chi connectivity index (χ3n) is 4.75. The molecule has 0 bridgehead atoms. The first-order valence-electron chi connectivity index (χ1n) is 8.65. The van der Waals surface area contributed by atoms with E-state index in [1.807, 2.05) is 6.07 Å². The van der Waals surface area contributed by atoms with Crippen LogP contribution in [0.15, 0.2) is 23.9 Å². The van der Waals surface area contributed by atoms with Crippen molar-refractivity contribution < 1.29 is 14.3 Å². The highest BCUT2D eigenvalue weighted by molar-refractivity contribution is 6.32. The fraction of sp³-hybridized carbons (Fsp3) is 0.474. The predicted molar refractivity (Wildman–Crippen MR) is 105 cm³/mol. The molecule has 1 N–H and O–H groups in total. The van der Waals surface area contributed by atoms with Gasteiger partial charge in [-0.1, -0.05) is 11.6 Å². The highest BCUT2D eigenvalue weighted by Gasteiger charge is 2.26. The number of amides is 1. The molecule has 0 aromatic heterocycles. The van der Waals surface area contributed by atoms with Crippen LogP contribution < -0.4 is 14.8 Å². The monoisotopic (exact) mass is 392 g/mol. The van der Waals surface area contributed by atoms with Gasteiger partial charge < -0.3 is 24.6 Å². The molecule has 0 radical (unpaired) electrons. The number of likely N-dealkylation sites (N-methyl/N-ethyl adjacent to an activating group) is 1. The summed E-state index contributed by atoms with van der Waals surface area (Å²) in [5.74, 6) is 0.631. The molecule has 1 aliphatic rings. The number of anilines is 1. The molecule has 1 fully saturated rings. The Kier molecular flexibility index (Phi) is 7.34. The van der Waals surface area contributed by atoms with Gasteiger partial charge in [0.05, 0.1) is 24.9 Å². The van der Waals surface area contributed by atoms with Crippen molar-refractivity contribution >= 4 is 23.2 Å². The van der Waals surface area contributed by atoms with Gasteiger partial charge in [0.25, 0.3) is 5.91 Å². The Hall–Kier alpha value is -2.43. The number of nitrogens with one attached hydrogen (secondary N) is 1. The lowest BCUT2D eigenvalue weighted by Crippen LogP contribution is -2.44. The Morgan fingerprint density at radius 1 is 1.33 bits per heavy atom. The fourth-order valence-corrected chi connectivity index (χ4v) is 3.23. The molecule has 27 heavy (non-hydrogen) atoms. The third kappa shape index (κ3) is 5.06. The number of benzene rings is 1. The van der Waals surface area contributed by atoms with Crippen molar-refractivity contribution in [3.05, 3.63) is 28.9 Å². The summed E-state index contributed by atoms with van der Waals surface area (Å²) in [5, 5.41) is 12.8. The Labute approximate surface area is 165 Å². The van der Waals surface area contributed by atoms with Crippen LogP contribution in [-0.4, -0.2) is 63.2 Å². The lowest BCUT2D eigenvalue weighted by Gasteiger charge is -2.35. The Morgan fingerprint density at radius 2 is 1.96 bits per heavy atom. The first kappa shape index (κ1) is 20.9. The summed E-state index contributed by atoms with van der Waals surface area (Å²) in [4.78, 5) is 16.6. The highest BCUT2D eigenvalue weighted by Crippen LogP contribution is 2.36. The second-order valence-electron chi connectivity index (χ2n) is 6.45. The Morgan fingerprint density at radius 3 is 2.52 bits per heavy atom. The smallest absolute Gasteiger partial charge is 0.266 e. The number of piperidine rings is 1. The maximum absolute atomic E-state index is 12.7. The zero-order valence-corrected chi connectivity index (χ0v) is 16.8. The Balaban J connectivity index is 2.16. The van der Waals surface area contributed by atoms with E-state index in [4.69, 9.17) is 21.1 Å². The van der Waals surface area contributed by atoms with Crippen LogP contribution in [0, 0.1) is 11.3 Å². The molecular weight excluding hydrogens is 368 g/mol. The number of carbonyl (C=O) groups is 1. The number of ether oxygens (including phenoxy) is 2. The number of halogens is 1. The van der Waals surface area contributed by atoms with Crippen molar-refractivity contribution in [1.29, 1.82) is 5.26 Å². The van der Waals surface area contributed by atoms with Crippen LogP contribution in [0.5, 0.6) is 11.5 Å². The molecule has 146 valence electrons. The lowest BCUT2D eigenvalue weighted by molar-refractivity contribution is -0.128.